The fourth-order valence-corrected chi connectivity index (χ4v) is 2.97. The summed E-state index contributed by atoms with van der Waals surface area (Å²) in [4.78, 5) is 29.1. The molecular weight excluding hydrogens is 310 g/mol. The molecule has 0 atom stereocenters. The minimum atomic E-state index is -3.77. The second-order valence-electron chi connectivity index (χ2n) is 4.75. The molecule has 120 valence electrons. The van der Waals surface area contributed by atoms with Crippen molar-refractivity contribution in [3.05, 3.63) is 33.1 Å². The van der Waals surface area contributed by atoms with Gasteiger partial charge in [0.2, 0.25) is 10.0 Å². The van der Waals surface area contributed by atoms with Crippen LogP contribution in [0.2, 0.25) is 0 Å². The first-order chi connectivity index (χ1) is 10.4. The SMILES string of the molecule is Cn1c(=O)[nH]c(=O)c2cc(S(=O)(=O)NCCCCN)cnc21. The number of fused-ring (bicyclic) bond motifs is 1. The molecule has 10 heteroatoms. The van der Waals surface area contributed by atoms with Gasteiger partial charge in [-0.15, -0.1) is 0 Å². The first-order valence-corrected chi connectivity index (χ1v) is 8.14. The van der Waals surface area contributed by atoms with Crippen LogP contribution in [0.5, 0.6) is 0 Å². The molecule has 0 aliphatic heterocycles. The normalized spacial score (nSPS) is 11.9. The maximum Gasteiger partial charge on any atom is 0.329 e. The number of nitrogens with two attached hydrogens (primary N) is 1. The summed E-state index contributed by atoms with van der Waals surface area (Å²) in [6.45, 7) is 0.740. The first-order valence-electron chi connectivity index (χ1n) is 6.65. The largest absolute Gasteiger partial charge is 0.330 e. The minimum Gasteiger partial charge on any atom is -0.330 e. The lowest BCUT2D eigenvalue weighted by atomic mass is 10.3. The summed E-state index contributed by atoms with van der Waals surface area (Å²) in [5.41, 5.74) is 4.18. The van der Waals surface area contributed by atoms with E-state index in [4.69, 9.17) is 5.73 Å². The molecule has 0 saturated carbocycles. The molecule has 2 heterocycles. The van der Waals surface area contributed by atoms with E-state index in [-0.39, 0.29) is 22.5 Å². The van der Waals surface area contributed by atoms with Crippen LogP contribution < -0.4 is 21.7 Å². The average molecular weight is 327 g/mol. The molecule has 0 bridgehead atoms. The van der Waals surface area contributed by atoms with E-state index in [1.807, 2.05) is 0 Å². The van der Waals surface area contributed by atoms with E-state index in [2.05, 4.69) is 14.7 Å². The first kappa shape index (κ1) is 16.3. The number of H-pyrrole nitrogens is 1. The monoisotopic (exact) mass is 327 g/mol. The van der Waals surface area contributed by atoms with E-state index in [1.165, 1.54) is 13.1 Å². The van der Waals surface area contributed by atoms with Gasteiger partial charge in [-0.1, -0.05) is 0 Å². The molecule has 22 heavy (non-hydrogen) atoms. The van der Waals surface area contributed by atoms with Gasteiger partial charge in [0.15, 0.2) is 0 Å². The zero-order valence-electron chi connectivity index (χ0n) is 12.0. The number of unbranched alkanes of at least 4 members (excludes halogenated alkanes) is 1. The van der Waals surface area contributed by atoms with Gasteiger partial charge in [-0.25, -0.2) is 22.9 Å². The van der Waals surface area contributed by atoms with Crippen molar-refractivity contribution in [2.45, 2.75) is 17.7 Å². The highest BCUT2D eigenvalue weighted by molar-refractivity contribution is 7.89. The van der Waals surface area contributed by atoms with Gasteiger partial charge in [-0.2, -0.15) is 0 Å². The number of aromatic amines is 1. The maximum atomic E-state index is 12.1. The van der Waals surface area contributed by atoms with E-state index < -0.39 is 21.3 Å². The van der Waals surface area contributed by atoms with Crippen LogP contribution in [0.1, 0.15) is 12.8 Å². The van der Waals surface area contributed by atoms with E-state index in [0.717, 1.165) is 10.8 Å². The number of aryl methyl sites for hydroxylation is 1. The summed E-state index contributed by atoms with van der Waals surface area (Å²) in [6, 6.07) is 1.20. The molecule has 0 radical (unpaired) electrons. The quantitative estimate of drug-likeness (QED) is 0.560. The Bertz CT molecular complexity index is 900. The number of hydrogen-bond donors (Lipinski definition) is 3. The minimum absolute atomic E-state index is 0.0342. The van der Waals surface area contributed by atoms with Gasteiger partial charge in [0.1, 0.15) is 10.5 Å². The van der Waals surface area contributed by atoms with Gasteiger partial charge in [0, 0.05) is 19.8 Å². The summed E-state index contributed by atoms with van der Waals surface area (Å²) in [6.07, 6.45) is 2.44. The molecule has 0 spiro atoms. The van der Waals surface area contributed by atoms with Crippen LogP contribution >= 0.6 is 0 Å². The van der Waals surface area contributed by atoms with Crippen molar-refractivity contribution < 1.29 is 8.42 Å². The molecular formula is C12H17N5O4S. The Labute approximate surface area is 126 Å². The average Bonchev–Trinajstić information content (AvgIpc) is 2.49. The van der Waals surface area contributed by atoms with Gasteiger partial charge in [0.05, 0.1) is 5.39 Å². The third kappa shape index (κ3) is 3.24. The number of sulfonamides is 1. The molecule has 2 aromatic heterocycles. The molecule has 9 nitrogen and oxygen atoms in total. The predicted molar refractivity (Wildman–Crippen MR) is 81.1 cm³/mol. The zero-order valence-corrected chi connectivity index (χ0v) is 12.8. The zero-order chi connectivity index (χ0) is 16.3. The van der Waals surface area contributed by atoms with Crippen molar-refractivity contribution in [2.24, 2.45) is 12.8 Å². The van der Waals surface area contributed by atoms with Crippen LogP contribution in [0.4, 0.5) is 0 Å². The van der Waals surface area contributed by atoms with Crippen LogP contribution in [0.15, 0.2) is 26.7 Å². The summed E-state index contributed by atoms with van der Waals surface area (Å²) in [7, 11) is -2.33. The Hall–Kier alpha value is -2.04. The lowest BCUT2D eigenvalue weighted by molar-refractivity contribution is 0.577. The molecule has 0 amide bonds. The van der Waals surface area contributed by atoms with Gasteiger partial charge < -0.3 is 5.73 Å². The Morgan fingerprint density at radius 1 is 1.36 bits per heavy atom. The van der Waals surface area contributed by atoms with Crippen molar-refractivity contribution in [1.29, 1.82) is 0 Å². The number of rotatable bonds is 6. The molecule has 0 saturated heterocycles. The molecule has 0 aliphatic rings. The van der Waals surface area contributed by atoms with Crippen LogP contribution in [0.25, 0.3) is 11.0 Å². The fourth-order valence-electron chi connectivity index (χ4n) is 1.92. The lowest BCUT2D eigenvalue weighted by Crippen LogP contribution is -2.30. The smallest absolute Gasteiger partial charge is 0.329 e. The molecule has 0 aromatic carbocycles. The maximum absolute atomic E-state index is 12.1. The van der Waals surface area contributed by atoms with Crippen LogP contribution in [-0.4, -0.2) is 36.0 Å². The summed E-state index contributed by atoms with van der Waals surface area (Å²) in [5.74, 6) is 0. The summed E-state index contributed by atoms with van der Waals surface area (Å²) >= 11 is 0. The van der Waals surface area contributed by atoms with E-state index in [0.29, 0.717) is 19.4 Å². The van der Waals surface area contributed by atoms with E-state index in [1.54, 1.807) is 0 Å². The fraction of sp³-hybridized carbons (Fsp3) is 0.417. The van der Waals surface area contributed by atoms with Crippen molar-refractivity contribution >= 4 is 21.1 Å². The number of hydrogen-bond acceptors (Lipinski definition) is 6. The van der Waals surface area contributed by atoms with Crippen molar-refractivity contribution in [1.82, 2.24) is 19.3 Å². The number of pyridine rings is 1. The highest BCUT2D eigenvalue weighted by Gasteiger charge is 2.16. The van der Waals surface area contributed by atoms with Crippen molar-refractivity contribution in [3.8, 4) is 0 Å². The predicted octanol–water partition coefficient (Wildman–Crippen LogP) is -1.36. The Morgan fingerprint density at radius 2 is 2.09 bits per heavy atom. The topological polar surface area (TPSA) is 140 Å². The van der Waals surface area contributed by atoms with Crippen molar-refractivity contribution in [3.63, 3.8) is 0 Å². The van der Waals surface area contributed by atoms with Crippen LogP contribution in [0, 0.1) is 0 Å². The van der Waals surface area contributed by atoms with Gasteiger partial charge >= 0.3 is 5.69 Å². The summed E-state index contributed by atoms with van der Waals surface area (Å²) in [5, 5.41) is 0.0342. The second-order valence-corrected chi connectivity index (χ2v) is 6.52. The highest BCUT2D eigenvalue weighted by atomic mass is 32.2. The molecule has 0 aliphatic carbocycles. The molecule has 0 unspecified atom stereocenters. The molecule has 2 rings (SSSR count). The van der Waals surface area contributed by atoms with E-state index >= 15 is 0 Å². The Balaban J connectivity index is 2.41. The second kappa shape index (κ2) is 6.38. The number of aromatic nitrogens is 3. The van der Waals surface area contributed by atoms with Crippen LogP contribution in [-0.2, 0) is 17.1 Å². The third-order valence-electron chi connectivity index (χ3n) is 3.16. The summed E-state index contributed by atoms with van der Waals surface area (Å²) < 4.78 is 27.8. The van der Waals surface area contributed by atoms with Gasteiger partial charge in [0.25, 0.3) is 5.56 Å². The standard InChI is InChI=1S/C12H17N5O4S/c1-17-10-9(11(18)16-12(17)19)6-8(7-14-10)22(20,21)15-5-3-2-4-13/h6-7,15H,2-5,13H2,1H3,(H,16,18,19). The van der Waals surface area contributed by atoms with Crippen molar-refractivity contribution in [2.75, 3.05) is 13.1 Å². The van der Waals surface area contributed by atoms with Crippen LogP contribution in [0.3, 0.4) is 0 Å². The number of nitrogens with one attached hydrogen (secondary N) is 2. The Kier molecular flexibility index (Phi) is 4.74. The number of nitrogens with zero attached hydrogens (tertiary/aromatic N) is 2. The highest BCUT2D eigenvalue weighted by Crippen LogP contribution is 2.12. The van der Waals surface area contributed by atoms with Gasteiger partial charge in [-0.05, 0) is 25.5 Å². The Morgan fingerprint density at radius 3 is 2.77 bits per heavy atom. The lowest BCUT2D eigenvalue weighted by Gasteiger charge is -2.08. The molecule has 2 aromatic rings. The van der Waals surface area contributed by atoms with Gasteiger partial charge in [-0.3, -0.25) is 14.3 Å². The molecule has 4 N–H and O–H groups in total. The van der Waals surface area contributed by atoms with E-state index in [9.17, 15) is 18.0 Å². The third-order valence-corrected chi connectivity index (χ3v) is 4.59. The molecule has 0 fully saturated rings.